The predicted molar refractivity (Wildman–Crippen MR) is 150 cm³/mol. The molecule has 2 aromatic carbocycles. The van der Waals surface area contributed by atoms with Gasteiger partial charge in [0, 0.05) is 11.7 Å². The Hall–Kier alpha value is -3.88. The van der Waals surface area contributed by atoms with E-state index in [4.69, 9.17) is 10.5 Å². The Morgan fingerprint density at radius 1 is 1.03 bits per heavy atom. The van der Waals surface area contributed by atoms with E-state index in [9.17, 15) is 19.2 Å². The van der Waals surface area contributed by atoms with Crippen LogP contribution in [-0.2, 0) is 25.5 Å². The molecule has 0 heterocycles. The molecule has 0 aromatic heterocycles. The first-order valence-corrected chi connectivity index (χ1v) is 13.4. The molecule has 9 nitrogen and oxygen atoms in total. The molecule has 1 aliphatic rings. The maximum Gasteiger partial charge on any atom is 0.408 e. The summed E-state index contributed by atoms with van der Waals surface area (Å²) >= 11 is 0. The van der Waals surface area contributed by atoms with E-state index in [1.165, 1.54) is 4.90 Å². The van der Waals surface area contributed by atoms with Crippen molar-refractivity contribution in [2.45, 2.75) is 91.0 Å². The topological polar surface area (TPSA) is 131 Å². The largest absolute Gasteiger partial charge is 0.444 e. The quantitative estimate of drug-likeness (QED) is 0.417. The number of anilines is 1. The lowest BCUT2D eigenvalue weighted by Gasteiger charge is -2.34. The molecule has 0 saturated heterocycles. The lowest BCUT2D eigenvalue weighted by atomic mass is 9.99. The van der Waals surface area contributed by atoms with E-state index in [0.717, 1.165) is 23.1 Å². The van der Waals surface area contributed by atoms with Crippen molar-refractivity contribution in [1.82, 2.24) is 10.2 Å². The van der Waals surface area contributed by atoms with E-state index in [1.807, 2.05) is 63.2 Å². The molecular formula is C30H40N4O5. The standard InChI is InChI=1S/C30H40N4O5/c1-7-20-11-13-21(14-12-20)26(27(36)33-25-18(2)9-8-10-19(25)3)34(22-15-16-22)28(37)23(17-24(31)35)32-29(38)39-30(4,5)6/h8-14,22-23,26H,7,15-17H2,1-6H3,(H2,31,35)(H,32,38)(H,33,36). The van der Waals surface area contributed by atoms with Gasteiger partial charge in [0.25, 0.3) is 5.91 Å². The molecule has 1 fully saturated rings. The molecule has 3 rings (SSSR count). The second-order valence-electron chi connectivity index (χ2n) is 11.1. The number of hydrogen-bond acceptors (Lipinski definition) is 5. The van der Waals surface area contributed by atoms with Crippen LogP contribution in [0.5, 0.6) is 0 Å². The van der Waals surface area contributed by atoms with Crippen molar-refractivity contribution in [3.63, 3.8) is 0 Å². The van der Waals surface area contributed by atoms with Crippen molar-refractivity contribution in [2.75, 3.05) is 5.32 Å². The highest BCUT2D eigenvalue weighted by Gasteiger charge is 2.44. The number of aryl methyl sites for hydroxylation is 3. The summed E-state index contributed by atoms with van der Waals surface area (Å²) in [7, 11) is 0. The zero-order valence-electron chi connectivity index (χ0n) is 23.7. The van der Waals surface area contributed by atoms with Gasteiger partial charge in [0.1, 0.15) is 17.7 Å². The maximum absolute atomic E-state index is 14.1. The van der Waals surface area contributed by atoms with Crippen LogP contribution in [0.3, 0.4) is 0 Å². The minimum atomic E-state index is -1.29. The van der Waals surface area contributed by atoms with E-state index in [-0.39, 0.29) is 11.9 Å². The Bertz CT molecular complexity index is 1190. The summed E-state index contributed by atoms with van der Waals surface area (Å²) in [6, 6.07) is 10.8. The molecular weight excluding hydrogens is 496 g/mol. The highest BCUT2D eigenvalue weighted by molar-refractivity contribution is 6.00. The number of para-hydroxylation sites is 1. The van der Waals surface area contributed by atoms with Crippen molar-refractivity contribution < 1.29 is 23.9 Å². The Balaban J connectivity index is 2.03. The summed E-state index contributed by atoms with van der Waals surface area (Å²) < 4.78 is 5.33. The summed E-state index contributed by atoms with van der Waals surface area (Å²) in [5.41, 5.74) is 8.84. The molecule has 9 heteroatoms. The first kappa shape index (κ1) is 29.7. The van der Waals surface area contributed by atoms with Crippen LogP contribution >= 0.6 is 0 Å². The minimum Gasteiger partial charge on any atom is -0.444 e. The van der Waals surface area contributed by atoms with Crippen LogP contribution in [0.15, 0.2) is 42.5 Å². The molecule has 2 atom stereocenters. The van der Waals surface area contributed by atoms with Gasteiger partial charge in [-0.2, -0.15) is 0 Å². The smallest absolute Gasteiger partial charge is 0.408 e. The molecule has 210 valence electrons. The molecule has 2 unspecified atom stereocenters. The number of primary amides is 1. The van der Waals surface area contributed by atoms with Gasteiger partial charge in [0.15, 0.2) is 0 Å². The third kappa shape index (κ3) is 8.05. The summed E-state index contributed by atoms with van der Waals surface area (Å²) in [6.07, 6.45) is 0.942. The van der Waals surface area contributed by atoms with Crippen molar-refractivity contribution in [2.24, 2.45) is 5.73 Å². The third-order valence-corrected chi connectivity index (χ3v) is 6.55. The molecule has 2 aromatic rings. The van der Waals surface area contributed by atoms with Gasteiger partial charge in [-0.05, 0) is 76.1 Å². The fourth-order valence-electron chi connectivity index (χ4n) is 4.48. The van der Waals surface area contributed by atoms with Crippen molar-refractivity contribution >= 4 is 29.5 Å². The molecule has 39 heavy (non-hydrogen) atoms. The van der Waals surface area contributed by atoms with E-state index in [0.29, 0.717) is 24.1 Å². The van der Waals surface area contributed by atoms with Crippen LogP contribution in [0, 0.1) is 13.8 Å². The van der Waals surface area contributed by atoms with Gasteiger partial charge in [-0.3, -0.25) is 14.4 Å². The zero-order chi connectivity index (χ0) is 28.9. The van der Waals surface area contributed by atoms with Crippen LogP contribution in [0.4, 0.5) is 10.5 Å². The van der Waals surface area contributed by atoms with Crippen molar-refractivity contribution in [3.05, 3.63) is 64.7 Å². The van der Waals surface area contributed by atoms with Gasteiger partial charge in [0.05, 0.1) is 6.42 Å². The molecule has 0 spiro atoms. The van der Waals surface area contributed by atoms with Crippen molar-refractivity contribution in [1.29, 1.82) is 0 Å². The Morgan fingerprint density at radius 2 is 1.62 bits per heavy atom. The number of nitrogens with zero attached hydrogens (tertiary/aromatic N) is 1. The lowest BCUT2D eigenvalue weighted by molar-refractivity contribution is -0.142. The second kappa shape index (κ2) is 12.3. The van der Waals surface area contributed by atoms with E-state index >= 15 is 0 Å². The highest BCUT2D eigenvalue weighted by Crippen LogP contribution is 2.37. The Kier molecular flexibility index (Phi) is 9.37. The minimum absolute atomic E-state index is 0.229. The molecule has 1 aliphatic carbocycles. The van der Waals surface area contributed by atoms with E-state index in [1.54, 1.807) is 20.8 Å². The molecule has 0 bridgehead atoms. The molecule has 1 saturated carbocycles. The number of benzene rings is 2. The van der Waals surface area contributed by atoms with Gasteiger partial charge < -0.3 is 26.0 Å². The third-order valence-electron chi connectivity index (χ3n) is 6.55. The Morgan fingerprint density at radius 3 is 2.10 bits per heavy atom. The average molecular weight is 537 g/mol. The van der Waals surface area contributed by atoms with Crippen LogP contribution < -0.4 is 16.4 Å². The van der Waals surface area contributed by atoms with E-state index < -0.39 is 42.0 Å². The van der Waals surface area contributed by atoms with Gasteiger partial charge in [-0.1, -0.05) is 49.4 Å². The molecule has 0 radical (unpaired) electrons. The van der Waals surface area contributed by atoms with E-state index in [2.05, 4.69) is 10.6 Å². The number of carbonyl (C=O) groups excluding carboxylic acids is 4. The van der Waals surface area contributed by atoms with Gasteiger partial charge >= 0.3 is 6.09 Å². The number of rotatable bonds is 10. The predicted octanol–water partition coefficient (Wildman–Crippen LogP) is 4.31. The number of nitrogens with two attached hydrogens (primary N) is 1. The lowest BCUT2D eigenvalue weighted by Crippen LogP contribution is -2.54. The SMILES string of the molecule is CCc1ccc(C(C(=O)Nc2c(C)cccc2C)N(C(=O)C(CC(N)=O)NC(=O)OC(C)(C)C)C2CC2)cc1. The summed E-state index contributed by atoms with van der Waals surface area (Å²) in [5.74, 6) is -1.71. The molecule has 4 N–H and O–H groups in total. The monoisotopic (exact) mass is 536 g/mol. The number of ether oxygens (including phenoxy) is 1. The highest BCUT2D eigenvalue weighted by atomic mass is 16.6. The van der Waals surface area contributed by atoms with Crippen LogP contribution in [0.2, 0.25) is 0 Å². The number of carbonyl (C=O) groups is 4. The van der Waals surface area contributed by atoms with Crippen LogP contribution in [-0.4, -0.2) is 46.4 Å². The summed E-state index contributed by atoms with van der Waals surface area (Å²) in [6.45, 7) is 10.9. The van der Waals surface area contributed by atoms with Gasteiger partial charge in [-0.15, -0.1) is 0 Å². The van der Waals surface area contributed by atoms with Crippen molar-refractivity contribution in [3.8, 4) is 0 Å². The molecule has 0 aliphatic heterocycles. The molecule has 4 amide bonds. The number of nitrogens with one attached hydrogen (secondary N) is 2. The normalized spacial score (nSPS) is 14.6. The first-order valence-electron chi connectivity index (χ1n) is 13.4. The van der Waals surface area contributed by atoms with Crippen LogP contribution in [0.1, 0.15) is 75.3 Å². The first-order chi connectivity index (χ1) is 18.3. The fourth-order valence-corrected chi connectivity index (χ4v) is 4.48. The Labute approximate surface area is 230 Å². The van der Waals surface area contributed by atoms with Gasteiger partial charge in [0.2, 0.25) is 11.8 Å². The van der Waals surface area contributed by atoms with Crippen LogP contribution in [0.25, 0.3) is 0 Å². The second-order valence-corrected chi connectivity index (χ2v) is 11.1. The van der Waals surface area contributed by atoms with Gasteiger partial charge in [-0.25, -0.2) is 4.79 Å². The zero-order valence-corrected chi connectivity index (χ0v) is 23.7. The maximum atomic E-state index is 14.1. The fraction of sp³-hybridized carbons (Fsp3) is 0.467. The number of hydrogen-bond donors (Lipinski definition) is 3. The number of amides is 4. The number of alkyl carbamates (subject to hydrolysis) is 1. The average Bonchev–Trinajstić information content (AvgIpc) is 3.68. The summed E-state index contributed by atoms with van der Waals surface area (Å²) in [4.78, 5) is 54.1. The summed E-state index contributed by atoms with van der Waals surface area (Å²) in [5, 5.41) is 5.55.